The molecule has 0 aliphatic rings. The Morgan fingerprint density at radius 1 is 1.56 bits per heavy atom. The number of hydrogen-bond acceptors (Lipinski definition) is 4. The molecule has 0 aliphatic heterocycles. The normalized spacial score (nSPS) is 11.7. The Balaban J connectivity index is 2.32. The maximum Gasteiger partial charge on any atom is 0.269 e. The zero-order valence-electron chi connectivity index (χ0n) is 10.2. The van der Waals surface area contributed by atoms with Crippen molar-refractivity contribution in [3.63, 3.8) is 0 Å². The van der Waals surface area contributed by atoms with E-state index < -0.39 is 6.10 Å². The molecule has 1 aromatic rings. The van der Waals surface area contributed by atoms with Gasteiger partial charge in [0.1, 0.15) is 5.69 Å². The van der Waals surface area contributed by atoms with Crippen LogP contribution in [0, 0.1) is 6.92 Å². The van der Waals surface area contributed by atoms with Gasteiger partial charge in [-0.3, -0.25) is 14.6 Å². The molecule has 0 aromatic carbocycles. The van der Waals surface area contributed by atoms with Crippen LogP contribution in [0.2, 0.25) is 0 Å². The Morgan fingerprint density at radius 3 is 2.94 bits per heavy atom. The highest BCUT2D eigenvalue weighted by Gasteiger charge is 2.09. The number of aliphatic hydroxyl groups is 1. The molecule has 1 unspecified atom stereocenters. The van der Waals surface area contributed by atoms with E-state index in [1.165, 1.54) is 0 Å². The number of hydrogen-bond donors (Lipinski definition) is 3. The number of aromatic nitrogens is 1. The van der Waals surface area contributed by atoms with Gasteiger partial charge in [-0.2, -0.15) is 0 Å². The summed E-state index contributed by atoms with van der Waals surface area (Å²) in [4.78, 5) is 25.6. The van der Waals surface area contributed by atoms with E-state index in [0.29, 0.717) is 25.1 Å². The highest BCUT2D eigenvalue weighted by atomic mass is 16.3. The molecule has 1 atom stereocenters. The van der Waals surface area contributed by atoms with Crippen LogP contribution in [-0.2, 0) is 4.79 Å². The van der Waals surface area contributed by atoms with E-state index in [-0.39, 0.29) is 12.5 Å². The molecule has 0 fully saturated rings. The number of aliphatic hydroxyl groups excluding tert-OH is 1. The minimum absolute atomic E-state index is 0.134. The molecule has 2 amide bonds. The molecule has 3 N–H and O–H groups in total. The van der Waals surface area contributed by atoms with Gasteiger partial charge in [0, 0.05) is 19.3 Å². The second-order valence-electron chi connectivity index (χ2n) is 3.95. The number of carbonyl (C=O) groups is 2. The van der Waals surface area contributed by atoms with Crippen LogP contribution in [0.25, 0.3) is 0 Å². The van der Waals surface area contributed by atoms with Crippen molar-refractivity contribution >= 4 is 12.3 Å². The van der Waals surface area contributed by atoms with Crippen molar-refractivity contribution in [2.75, 3.05) is 13.1 Å². The number of rotatable bonds is 7. The first-order chi connectivity index (χ1) is 8.63. The molecule has 0 spiro atoms. The van der Waals surface area contributed by atoms with Crippen LogP contribution in [0.1, 0.15) is 22.5 Å². The Kier molecular flexibility index (Phi) is 5.79. The van der Waals surface area contributed by atoms with Crippen molar-refractivity contribution < 1.29 is 14.7 Å². The average molecular weight is 251 g/mol. The molecule has 0 aliphatic carbocycles. The van der Waals surface area contributed by atoms with Crippen LogP contribution in [0.3, 0.4) is 0 Å². The summed E-state index contributed by atoms with van der Waals surface area (Å²) in [5.41, 5.74) is 1.30. The predicted octanol–water partition coefficient (Wildman–Crippen LogP) is -0.383. The van der Waals surface area contributed by atoms with E-state index in [1.807, 2.05) is 6.92 Å². The summed E-state index contributed by atoms with van der Waals surface area (Å²) in [6, 6.07) is 3.43. The van der Waals surface area contributed by atoms with Crippen molar-refractivity contribution in [3.8, 4) is 0 Å². The van der Waals surface area contributed by atoms with Crippen molar-refractivity contribution in [1.29, 1.82) is 0 Å². The van der Waals surface area contributed by atoms with Gasteiger partial charge in [0.05, 0.1) is 6.10 Å². The summed E-state index contributed by atoms with van der Waals surface area (Å²) in [6.07, 6.45) is 1.88. The molecule has 0 radical (unpaired) electrons. The van der Waals surface area contributed by atoms with E-state index >= 15 is 0 Å². The molecule has 18 heavy (non-hydrogen) atoms. The van der Waals surface area contributed by atoms with Gasteiger partial charge in [-0.25, -0.2) is 0 Å². The van der Waals surface area contributed by atoms with Crippen molar-refractivity contribution in [2.24, 2.45) is 0 Å². The number of aryl methyl sites for hydroxylation is 1. The summed E-state index contributed by atoms with van der Waals surface area (Å²) in [5.74, 6) is -0.322. The van der Waals surface area contributed by atoms with Gasteiger partial charge in [0.2, 0.25) is 6.41 Å². The van der Waals surface area contributed by atoms with E-state index in [1.54, 1.807) is 18.3 Å². The average Bonchev–Trinajstić information content (AvgIpc) is 2.37. The lowest BCUT2D eigenvalue weighted by molar-refractivity contribution is -0.109. The van der Waals surface area contributed by atoms with Crippen LogP contribution in [0.15, 0.2) is 18.3 Å². The smallest absolute Gasteiger partial charge is 0.269 e. The lowest BCUT2D eigenvalue weighted by Gasteiger charge is -2.11. The fourth-order valence-corrected chi connectivity index (χ4v) is 1.31. The molecule has 0 bridgehead atoms. The van der Waals surface area contributed by atoms with Gasteiger partial charge in [-0.1, -0.05) is 6.07 Å². The standard InChI is InChI=1S/C12H17N3O3/c1-9-2-3-11(14-6-9)12(18)15-7-10(17)4-5-13-8-16/h2-3,6,8,10,17H,4-5,7H2,1H3,(H,13,16)(H,15,18). The summed E-state index contributed by atoms with van der Waals surface area (Å²) >= 11 is 0. The Hall–Kier alpha value is -1.95. The zero-order chi connectivity index (χ0) is 13.4. The van der Waals surface area contributed by atoms with E-state index in [0.717, 1.165) is 5.56 Å². The van der Waals surface area contributed by atoms with Crippen molar-refractivity contribution in [1.82, 2.24) is 15.6 Å². The minimum Gasteiger partial charge on any atom is -0.391 e. The molecule has 98 valence electrons. The lowest BCUT2D eigenvalue weighted by atomic mass is 10.2. The maximum absolute atomic E-state index is 11.6. The number of amides is 2. The number of nitrogens with zero attached hydrogens (tertiary/aromatic N) is 1. The molecule has 0 saturated heterocycles. The fourth-order valence-electron chi connectivity index (χ4n) is 1.31. The zero-order valence-corrected chi connectivity index (χ0v) is 10.2. The number of nitrogens with one attached hydrogen (secondary N) is 2. The second-order valence-corrected chi connectivity index (χ2v) is 3.95. The molecule has 0 saturated carbocycles. The Labute approximate surface area is 105 Å². The van der Waals surface area contributed by atoms with E-state index in [2.05, 4.69) is 15.6 Å². The largest absolute Gasteiger partial charge is 0.391 e. The third-order valence-corrected chi connectivity index (χ3v) is 2.35. The quantitative estimate of drug-likeness (QED) is 0.455. The maximum atomic E-state index is 11.6. The van der Waals surface area contributed by atoms with Gasteiger partial charge in [0.25, 0.3) is 5.91 Å². The summed E-state index contributed by atoms with van der Waals surface area (Å²) in [5, 5.41) is 14.5. The van der Waals surface area contributed by atoms with Crippen LogP contribution in [0.4, 0.5) is 0 Å². The second kappa shape index (κ2) is 7.39. The monoisotopic (exact) mass is 251 g/mol. The first-order valence-corrected chi connectivity index (χ1v) is 5.69. The van der Waals surface area contributed by atoms with Gasteiger partial charge in [-0.05, 0) is 25.0 Å². The summed E-state index contributed by atoms with van der Waals surface area (Å²) in [7, 11) is 0. The van der Waals surface area contributed by atoms with Crippen LogP contribution < -0.4 is 10.6 Å². The Morgan fingerprint density at radius 2 is 2.33 bits per heavy atom. The van der Waals surface area contributed by atoms with E-state index in [9.17, 15) is 14.7 Å². The van der Waals surface area contributed by atoms with Gasteiger partial charge in [-0.15, -0.1) is 0 Å². The molecule has 6 nitrogen and oxygen atoms in total. The molecule has 1 rings (SSSR count). The molecular formula is C12H17N3O3. The van der Waals surface area contributed by atoms with E-state index in [4.69, 9.17) is 0 Å². The van der Waals surface area contributed by atoms with Crippen molar-refractivity contribution in [2.45, 2.75) is 19.4 Å². The number of carbonyl (C=O) groups excluding carboxylic acids is 2. The highest BCUT2D eigenvalue weighted by Crippen LogP contribution is 1.98. The van der Waals surface area contributed by atoms with Crippen LogP contribution in [0.5, 0.6) is 0 Å². The molecule has 1 aromatic heterocycles. The predicted molar refractivity (Wildman–Crippen MR) is 66.0 cm³/mol. The van der Waals surface area contributed by atoms with Crippen LogP contribution in [-0.4, -0.2) is 41.6 Å². The molecular weight excluding hydrogens is 234 g/mol. The first-order valence-electron chi connectivity index (χ1n) is 5.69. The van der Waals surface area contributed by atoms with Crippen LogP contribution >= 0.6 is 0 Å². The fraction of sp³-hybridized carbons (Fsp3) is 0.417. The third-order valence-electron chi connectivity index (χ3n) is 2.35. The van der Waals surface area contributed by atoms with Gasteiger partial charge < -0.3 is 15.7 Å². The SMILES string of the molecule is Cc1ccc(C(=O)NCC(O)CCNC=O)nc1. The highest BCUT2D eigenvalue weighted by molar-refractivity contribution is 5.92. The van der Waals surface area contributed by atoms with Crippen molar-refractivity contribution in [3.05, 3.63) is 29.6 Å². The Bertz CT molecular complexity index is 392. The minimum atomic E-state index is -0.688. The lowest BCUT2D eigenvalue weighted by Crippen LogP contribution is -2.34. The first kappa shape index (κ1) is 14.1. The van der Waals surface area contributed by atoms with Gasteiger partial charge >= 0.3 is 0 Å². The number of pyridine rings is 1. The van der Waals surface area contributed by atoms with Gasteiger partial charge in [0.15, 0.2) is 0 Å². The topological polar surface area (TPSA) is 91.3 Å². The molecule has 1 heterocycles. The third kappa shape index (κ3) is 4.92. The summed E-state index contributed by atoms with van der Waals surface area (Å²) in [6.45, 7) is 2.40. The summed E-state index contributed by atoms with van der Waals surface area (Å²) < 4.78 is 0. The molecule has 6 heteroatoms.